The SMILES string of the molecule is NC(=O)c1conc1-c1ccccc1.O=C(CCc1ccccc1)C(=O)NCc1cccc(OC(F)(F)F)c1. The van der Waals surface area contributed by atoms with Crippen LogP contribution in [0, 0.1) is 0 Å². The lowest BCUT2D eigenvalue weighted by Gasteiger charge is -2.10. The third kappa shape index (κ3) is 9.47. The van der Waals surface area contributed by atoms with Crippen LogP contribution in [-0.2, 0) is 22.6 Å². The van der Waals surface area contributed by atoms with Crippen molar-refractivity contribution in [3.8, 4) is 17.0 Å². The summed E-state index contributed by atoms with van der Waals surface area (Å²) in [7, 11) is 0. The van der Waals surface area contributed by atoms with Gasteiger partial charge >= 0.3 is 6.36 Å². The molecule has 0 aliphatic carbocycles. The normalized spacial score (nSPS) is 10.6. The Labute approximate surface area is 221 Å². The molecule has 2 amide bonds. The van der Waals surface area contributed by atoms with Crippen LogP contribution in [0.15, 0.2) is 95.7 Å². The van der Waals surface area contributed by atoms with E-state index in [0.717, 1.165) is 23.3 Å². The second-order valence-electron chi connectivity index (χ2n) is 8.09. The van der Waals surface area contributed by atoms with E-state index < -0.39 is 24.0 Å². The lowest BCUT2D eigenvalue weighted by atomic mass is 10.1. The summed E-state index contributed by atoms with van der Waals surface area (Å²) >= 11 is 0. The minimum absolute atomic E-state index is 0.0626. The summed E-state index contributed by atoms with van der Waals surface area (Å²) in [5, 5.41) is 6.13. The molecule has 0 saturated heterocycles. The minimum atomic E-state index is -4.78. The third-order valence-electron chi connectivity index (χ3n) is 5.20. The van der Waals surface area contributed by atoms with Gasteiger partial charge in [0.25, 0.3) is 11.8 Å². The van der Waals surface area contributed by atoms with E-state index in [2.05, 4.69) is 15.2 Å². The molecule has 3 aromatic carbocycles. The number of halogens is 3. The monoisotopic (exact) mass is 539 g/mol. The van der Waals surface area contributed by atoms with Gasteiger partial charge in [-0.2, -0.15) is 0 Å². The van der Waals surface area contributed by atoms with Crippen molar-refractivity contribution in [2.45, 2.75) is 25.7 Å². The van der Waals surface area contributed by atoms with Gasteiger partial charge < -0.3 is 20.3 Å². The molecule has 0 atom stereocenters. The number of ketones is 1. The molecule has 0 unspecified atom stereocenters. The Balaban J connectivity index is 0.000000252. The Kier molecular flexibility index (Phi) is 9.96. The number of primary amides is 1. The molecule has 0 fully saturated rings. The van der Waals surface area contributed by atoms with Crippen molar-refractivity contribution in [3.63, 3.8) is 0 Å². The number of carbonyl (C=O) groups is 3. The molecule has 11 heteroatoms. The molecule has 1 aromatic heterocycles. The average Bonchev–Trinajstić information content (AvgIpc) is 3.42. The second kappa shape index (κ2) is 13.6. The lowest BCUT2D eigenvalue weighted by Crippen LogP contribution is -2.30. The van der Waals surface area contributed by atoms with Crippen molar-refractivity contribution in [2.75, 3.05) is 0 Å². The van der Waals surface area contributed by atoms with E-state index in [1.165, 1.54) is 18.4 Å². The fourth-order valence-electron chi connectivity index (χ4n) is 3.37. The number of aromatic nitrogens is 1. The van der Waals surface area contributed by atoms with Crippen LogP contribution in [0.25, 0.3) is 11.3 Å². The van der Waals surface area contributed by atoms with E-state index in [1.807, 2.05) is 60.7 Å². The first-order chi connectivity index (χ1) is 18.6. The summed E-state index contributed by atoms with van der Waals surface area (Å²) < 4.78 is 45.1. The van der Waals surface area contributed by atoms with Crippen LogP contribution < -0.4 is 15.8 Å². The van der Waals surface area contributed by atoms with Gasteiger partial charge in [0, 0.05) is 18.5 Å². The van der Waals surface area contributed by atoms with Crippen molar-refractivity contribution in [1.82, 2.24) is 10.5 Å². The Bertz CT molecular complexity index is 1390. The quantitative estimate of drug-likeness (QED) is 0.293. The molecule has 1 heterocycles. The predicted molar refractivity (Wildman–Crippen MR) is 135 cm³/mol. The van der Waals surface area contributed by atoms with E-state index in [4.69, 9.17) is 10.3 Å². The standard InChI is InChI=1S/C18H16F3NO3.C10H8N2O2/c19-18(20,21)25-15-8-4-7-14(11-15)12-22-17(24)16(23)10-9-13-5-2-1-3-6-13;11-10(13)8-6-14-12-9(8)7-4-2-1-3-5-7/h1-8,11H,9-10,12H2,(H,22,24);1-6H,(H2,11,13). The second-order valence-corrected chi connectivity index (χ2v) is 8.09. The predicted octanol–water partition coefficient (Wildman–Crippen LogP) is 4.84. The molecule has 3 N–H and O–H groups in total. The molecular formula is C28H24F3N3O5. The van der Waals surface area contributed by atoms with Crippen LogP contribution in [0.1, 0.15) is 27.9 Å². The smallest absolute Gasteiger partial charge is 0.406 e. The summed E-state index contributed by atoms with van der Waals surface area (Å²) in [6.45, 7) is -0.0645. The molecule has 4 rings (SSSR count). The van der Waals surface area contributed by atoms with Gasteiger partial charge in [0.2, 0.25) is 5.78 Å². The van der Waals surface area contributed by atoms with Crippen LogP contribution in [0.2, 0.25) is 0 Å². The third-order valence-corrected chi connectivity index (χ3v) is 5.20. The Morgan fingerprint density at radius 2 is 1.54 bits per heavy atom. The van der Waals surface area contributed by atoms with Crippen molar-refractivity contribution in [3.05, 3.63) is 108 Å². The number of nitrogens with one attached hydrogen (secondary N) is 1. The largest absolute Gasteiger partial charge is 0.573 e. The number of rotatable bonds is 9. The molecule has 0 spiro atoms. The zero-order chi connectivity index (χ0) is 28.3. The molecule has 0 radical (unpaired) electrons. The van der Waals surface area contributed by atoms with E-state index in [0.29, 0.717) is 23.2 Å². The molecule has 0 aliphatic heterocycles. The lowest BCUT2D eigenvalue weighted by molar-refractivity contribution is -0.274. The number of benzene rings is 3. The molecule has 4 aromatic rings. The number of hydrogen-bond donors (Lipinski definition) is 2. The number of hydrogen-bond acceptors (Lipinski definition) is 6. The summed E-state index contributed by atoms with van der Waals surface area (Å²) in [6.07, 6.45) is -3.02. The summed E-state index contributed by atoms with van der Waals surface area (Å²) in [5.41, 5.74) is 8.10. The van der Waals surface area contributed by atoms with Crippen LogP contribution in [-0.4, -0.2) is 29.1 Å². The maximum Gasteiger partial charge on any atom is 0.573 e. The first kappa shape index (κ1) is 28.6. The Hall–Kier alpha value is -4.93. The summed E-state index contributed by atoms with van der Waals surface area (Å²) in [5.74, 6) is -2.26. The number of nitrogens with zero attached hydrogens (tertiary/aromatic N) is 1. The van der Waals surface area contributed by atoms with Crippen LogP contribution in [0.3, 0.4) is 0 Å². The zero-order valence-corrected chi connectivity index (χ0v) is 20.5. The number of amides is 2. The average molecular weight is 540 g/mol. The van der Waals surface area contributed by atoms with Gasteiger partial charge in [0.1, 0.15) is 23.3 Å². The van der Waals surface area contributed by atoms with Gasteiger partial charge in [-0.15, -0.1) is 13.2 Å². The fourth-order valence-corrected chi connectivity index (χ4v) is 3.37. The number of carbonyl (C=O) groups excluding carboxylic acids is 3. The highest BCUT2D eigenvalue weighted by Gasteiger charge is 2.31. The summed E-state index contributed by atoms with van der Waals surface area (Å²) in [4.78, 5) is 34.6. The highest BCUT2D eigenvalue weighted by atomic mass is 19.4. The van der Waals surface area contributed by atoms with Gasteiger partial charge in [0.05, 0.1) is 0 Å². The molecule has 0 saturated carbocycles. The maximum absolute atomic E-state index is 12.2. The van der Waals surface area contributed by atoms with Crippen molar-refractivity contribution < 1.29 is 36.8 Å². The molecule has 0 aliphatic rings. The molecule has 202 valence electrons. The van der Waals surface area contributed by atoms with Crippen LogP contribution in [0.4, 0.5) is 13.2 Å². The van der Waals surface area contributed by atoms with Gasteiger partial charge in [-0.3, -0.25) is 14.4 Å². The van der Waals surface area contributed by atoms with Crippen LogP contribution in [0.5, 0.6) is 5.75 Å². The maximum atomic E-state index is 12.2. The van der Waals surface area contributed by atoms with E-state index in [1.54, 1.807) is 0 Å². The first-order valence-electron chi connectivity index (χ1n) is 11.6. The van der Waals surface area contributed by atoms with E-state index in [9.17, 15) is 27.6 Å². The fraction of sp³-hybridized carbons (Fsp3) is 0.143. The minimum Gasteiger partial charge on any atom is -0.406 e. The molecule has 39 heavy (non-hydrogen) atoms. The Morgan fingerprint density at radius 1 is 0.897 bits per heavy atom. The molecule has 8 nitrogen and oxygen atoms in total. The number of alkyl halides is 3. The number of aryl methyl sites for hydroxylation is 1. The van der Waals surface area contributed by atoms with E-state index in [-0.39, 0.29) is 18.7 Å². The first-order valence-corrected chi connectivity index (χ1v) is 11.6. The van der Waals surface area contributed by atoms with Crippen molar-refractivity contribution >= 4 is 17.6 Å². The topological polar surface area (TPSA) is 125 Å². The van der Waals surface area contributed by atoms with Crippen molar-refractivity contribution in [2.24, 2.45) is 5.73 Å². The number of nitrogens with two attached hydrogens (primary N) is 1. The highest BCUT2D eigenvalue weighted by molar-refractivity contribution is 6.36. The Morgan fingerprint density at radius 3 is 2.18 bits per heavy atom. The van der Waals surface area contributed by atoms with Crippen molar-refractivity contribution in [1.29, 1.82) is 0 Å². The number of Topliss-reactive ketones (excluding diaryl/α,β-unsaturated/α-hetero) is 1. The zero-order valence-electron chi connectivity index (χ0n) is 20.5. The number of ether oxygens (including phenoxy) is 1. The van der Waals surface area contributed by atoms with Gasteiger partial charge in [0.15, 0.2) is 0 Å². The van der Waals surface area contributed by atoms with Crippen LogP contribution >= 0.6 is 0 Å². The molecular weight excluding hydrogens is 515 g/mol. The van der Waals surface area contributed by atoms with Gasteiger partial charge in [-0.1, -0.05) is 78.0 Å². The molecule has 0 bridgehead atoms. The van der Waals surface area contributed by atoms with E-state index >= 15 is 0 Å². The van der Waals surface area contributed by atoms with Gasteiger partial charge in [-0.25, -0.2) is 0 Å². The summed E-state index contributed by atoms with van der Waals surface area (Å²) in [6, 6.07) is 23.7. The highest BCUT2D eigenvalue weighted by Crippen LogP contribution is 2.23. The van der Waals surface area contributed by atoms with Gasteiger partial charge in [-0.05, 0) is 29.7 Å².